The van der Waals surface area contributed by atoms with Crippen LogP contribution in [0.3, 0.4) is 0 Å². The van der Waals surface area contributed by atoms with Gasteiger partial charge in [0.25, 0.3) is 0 Å². The van der Waals surface area contributed by atoms with Gasteiger partial charge in [-0.2, -0.15) is 0 Å². The Morgan fingerprint density at radius 3 is 2.60 bits per heavy atom. The quantitative estimate of drug-likeness (QED) is 0.678. The van der Waals surface area contributed by atoms with Gasteiger partial charge in [-0.05, 0) is 51.8 Å². The highest BCUT2D eigenvalue weighted by atomic mass is 79.9. The van der Waals surface area contributed by atoms with Gasteiger partial charge in [-0.25, -0.2) is 0 Å². The van der Waals surface area contributed by atoms with Gasteiger partial charge in [0.05, 0.1) is 0 Å². The van der Waals surface area contributed by atoms with E-state index in [0.29, 0.717) is 4.83 Å². The summed E-state index contributed by atoms with van der Waals surface area (Å²) in [5.74, 6) is 0.939. The van der Waals surface area contributed by atoms with Crippen molar-refractivity contribution < 1.29 is 4.74 Å². The molecule has 84 valence electrons. The minimum absolute atomic E-state index is 0.146. The van der Waals surface area contributed by atoms with E-state index in [4.69, 9.17) is 4.74 Å². The second kappa shape index (κ2) is 4.56. The second-order valence-corrected chi connectivity index (χ2v) is 6.13. The molecule has 1 atom stereocenters. The lowest BCUT2D eigenvalue weighted by atomic mass is 9.98. The van der Waals surface area contributed by atoms with Crippen LogP contribution in [0.1, 0.15) is 34.1 Å². The molecule has 0 saturated carbocycles. The number of hydrogen-bond donors (Lipinski definition) is 0. The van der Waals surface area contributed by atoms with Crippen LogP contribution in [0.2, 0.25) is 0 Å². The summed E-state index contributed by atoms with van der Waals surface area (Å²) in [6.45, 7) is 12.2. The first-order valence-corrected chi connectivity index (χ1v) is 6.11. The Bertz CT molecular complexity index is 318. The molecule has 0 amide bonds. The van der Waals surface area contributed by atoms with Crippen LogP contribution in [0.25, 0.3) is 0 Å². The maximum absolute atomic E-state index is 5.84. The van der Waals surface area contributed by atoms with Gasteiger partial charge < -0.3 is 4.74 Å². The Labute approximate surface area is 101 Å². The average Bonchev–Trinajstić information content (AvgIpc) is 1.99. The number of rotatable bonds is 2. The molecule has 1 unspecified atom stereocenters. The van der Waals surface area contributed by atoms with E-state index < -0.39 is 0 Å². The van der Waals surface area contributed by atoms with Crippen molar-refractivity contribution in [2.45, 2.75) is 44.5 Å². The van der Waals surface area contributed by atoms with Crippen molar-refractivity contribution in [1.82, 2.24) is 0 Å². The first-order chi connectivity index (χ1) is 6.78. The summed E-state index contributed by atoms with van der Waals surface area (Å²) in [6, 6.07) is 0. The molecule has 0 spiro atoms. The van der Waals surface area contributed by atoms with Crippen LogP contribution in [0.4, 0.5) is 0 Å². The van der Waals surface area contributed by atoms with E-state index >= 15 is 0 Å². The molecule has 0 N–H and O–H groups in total. The van der Waals surface area contributed by atoms with Crippen LogP contribution in [-0.4, -0.2) is 10.4 Å². The van der Waals surface area contributed by atoms with Crippen LogP contribution < -0.4 is 0 Å². The third-order valence-electron chi connectivity index (χ3n) is 2.05. The zero-order chi connectivity index (χ0) is 11.6. The van der Waals surface area contributed by atoms with Crippen molar-refractivity contribution in [3.05, 3.63) is 35.6 Å². The molecule has 1 aliphatic rings. The van der Waals surface area contributed by atoms with Crippen LogP contribution >= 0.6 is 15.9 Å². The van der Waals surface area contributed by atoms with Crippen molar-refractivity contribution in [2.24, 2.45) is 0 Å². The van der Waals surface area contributed by atoms with E-state index in [9.17, 15) is 0 Å². The smallest absolute Gasteiger partial charge is 0.117 e. The predicted molar refractivity (Wildman–Crippen MR) is 69.2 cm³/mol. The molecule has 1 nitrogen and oxygen atoms in total. The van der Waals surface area contributed by atoms with Gasteiger partial charge in [0.2, 0.25) is 0 Å². The van der Waals surface area contributed by atoms with Gasteiger partial charge in [-0.15, -0.1) is 0 Å². The predicted octanol–water partition coefficient (Wildman–Crippen LogP) is 4.36. The molecule has 0 radical (unpaired) electrons. The van der Waals surface area contributed by atoms with Gasteiger partial charge >= 0.3 is 0 Å². The molecule has 1 rings (SSSR count). The van der Waals surface area contributed by atoms with Gasteiger partial charge in [-0.1, -0.05) is 28.1 Å². The highest BCUT2D eigenvalue weighted by Gasteiger charge is 2.18. The Morgan fingerprint density at radius 2 is 2.13 bits per heavy atom. The lowest BCUT2D eigenvalue weighted by Gasteiger charge is -2.26. The molecular formula is C13H19BrO. The summed E-state index contributed by atoms with van der Waals surface area (Å²) in [6.07, 6.45) is 5.19. The minimum Gasteiger partial charge on any atom is -0.488 e. The fraction of sp³-hybridized carbons (Fsp3) is 0.538. The van der Waals surface area contributed by atoms with E-state index in [1.54, 1.807) is 0 Å². The van der Waals surface area contributed by atoms with E-state index in [2.05, 4.69) is 55.4 Å². The molecular weight excluding hydrogens is 252 g/mol. The molecule has 0 heterocycles. The average molecular weight is 271 g/mol. The van der Waals surface area contributed by atoms with Crippen molar-refractivity contribution >= 4 is 15.9 Å². The molecule has 0 fully saturated rings. The topological polar surface area (TPSA) is 9.23 Å². The second-order valence-electron chi connectivity index (χ2n) is 4.95. The molecule has 0 bridgehead atoms. The molecule has 1 aliphatic carbocycles. The number of ether oxygens (including phenoxy) is 1. The fourth-order valence-corrected chi connectivity index (χ4v) is 2.05. The van der Waals surface area contributed by atoms with Gasteiger partial charge in [0.15, 0.2) is 0 Å². The van der Waals surface area contributed by atoms with Gasteiger partial charge in [0, 0.05) is 4.83 Å². The summed E-state index contributed by atoms with van der Waals surface area (Å²) >= 11 is 3.61. The lowest BCUT2D eigenvalue weighted by Crippen LogP contribution is -2.20. The summed E-state index contributed by atoms with van der Waals surface area (Å²) in [5, 5.41) is 0. The first kappa shape index (κ1) is 12.6. The largest absolute Gasteiger partial charge is 0.488 e. The van der Waals surface area contributed by atoms with Crippen molar-refractivity contribution in [3.8, 4) is 0 Å². The summed E-state index contributed by atoms with van der Waals surface area (Å²) in [7, 11) is 0. The Balaban J connectivity index is 2.84. The molecule has 0 aromatic rings. The van der Waals surface area contributed by atoms with E-state index in [0.717, 1.165) is 17.8 Å². The van der Waals surface area contributed by atoms with Gasteiger partial charge in [-0.3, -0.25) is 0 Å². The van der Waals surface area contributed by atoms with Crippen LogP contribution in [0, 0.1) is 0 Å². The lowest BCUT2D eigenvalue weighted by molar-refractivity contribution is 0.0588. The standard InChI is InChI=1S/C13H19BrO/c1-9(2)10-6-11(14)8-12(7-10)15-13(3,4)5/h7-8,11H,1,6H2,2-5H3. The van der Waals surface area contributed by atoms with Gasteiger partial charge in [0.1, 0.15) is 11.4 Å². The van der Waals surface area contributed by atoms with Crippen molar-refractivity contribution in [3.63, 3.8) is 0 Å². The molecule has 2 heteroatoms. The van der Waals surface area contributed by atoms with Crippen LogP contribution in [0.15, 0.2) is 35.6 Å². The van der Waals surface area contributed by atoms with Crippen LogP contribution in [0.5, 0.6) is 0 Å². The third-order valence-corrected chi connectivity index (χ3v) is 2.64. The van der Waals surface area contributed by atoms with E-state index in [1.165, 1.54) is 5.57 Å². The number of alkyl halides is 1. The van der Waals surface area contributed by atoms with E-state index in [1.807, 2.05) is 6.92 Å². The van der Waals surface area contributed by atoms with Crippen LogP contribution in [-0.2, 0) is 4.74 Å². The van der Waals surface area contributed by atoms with Crippen molar-refractivity contribution in [1.29, 1.82) is 0 Å². The normalized spacial score (nSPS) is 21.8. The SMILES string of the molecule is C=C(C)C1=CC(OC(C)(C)C)=CC(Br)C1. The highest BCUT2D eigenvalue weighted by Crippen LogP contribution is 2.29. The molecule has 0 aliphatic heterocycles. The molecule has 0 aromatic carbocycles. The zero-order valence-corrected chi connectivity index (χ0v) is 11.5. The minimum atomic E-state index is -0.146. The number of allylic oxidation sites excluding steroid dienone is 4. The first-order valence-electron chi connectivity index (χ1n) is 5.19. The molecule has 15 heavy (non-hydrogen) atoms. The monoisotopic (exact) mass is 270 g/mol. The molecule has 0 saturated heterocycles. The Kier molecular flexibility index (Phi) is 3.82. The molecule has 0 aromatic heterocycles. The van der Waals surface area contributed by atoms with Crippen molar-refractivity contribution in [2.75, 3.05) is 0 Å². The zero-order valence-electron chi connectivity index (χ0n) is 9.93. The number of hydrogen-bond acceptors (Lipinski definition) is 1. The highest BCUT2D eigenvalue weighted by molar-refractivity contribution is 9.09. The van der Waals surface area contributed by atoms with E-state index in [-0.39, 0.29) is 5.60 Å². The summed E-state index contributed by atoms with van der Waals surface area (Å²) in [4.78, 5) is 0.353. The number of halogens is 1. The Hall–Kier alpha value is -0.500. The maximum atomic E-state index is 5.84. The third kappa shape index (κ3) is 4.25. The maximum Gasteiger partial charge on any atom is 0.117 e. The fourth-order valence-electron chi connectivity index (χ4n) is 1.44. The summed E-state index contributed by atoms with van der Waals surface area (Å²) in [5.41, 5.74) is 2.23. The summed E-state index contributed by atoms with van der Waals surface area (Å²) < 4.78 is 5.84. The Morgan fingerprint density at radius 1 is 1.53 bits per heavy atom.